The Balaban J connectivity index is 1.79. The fourth-order valence-electron chi connectivity index (χ4n) is 2.38. The molecule has 1 saturated carbocycles. The quantitative estimate of drug-likeness (QED) is 0.612. The lowest BCUT2D eigenvalue weighted by molar-refractivity contribution is -0.120. The zero-order valence-electron chi connectivity index (χ0n) is 15.4. The fourth-order valence-corrected chi connectivity index (χ4v) is 5.18. The summed E-state index contributed by atoms with van der Waals surface area (Å²) in [4.78, 5) is 17.1. The Morgan fingerprint density at radius 1 is 1.39 bits per heavy atom. The summed E-state index contributed by atoms with van der Waals surface area (Å²) in [6.07, 6.45) is 1.29. The van der Waals surface area contributed by atoms with Crippen LogP contribution in [-0.4, -0.2) is 31.7 Å². The molecular weight excluding hydrogens is 473 g/mol. The first-order valence-electron chi connectivity index (χ1n) is 8.36. The maximum atomic E-state index is 13.9. The number of rotatable bonds is 7. The van der Waals surface area contributed by atoms with Gasteiger partial charge in [-0.1, -0.05) is 0 Å². The van der Waals surface area contributed by atoms with E-state index in [4.69, 9.17) is 4.74 Å². The van der Waals surface area contributed by atoms with E-state index in [0.29, 0.717) is 24.3 Å². The van der Waals surface area contributed by atoms with Gasteiger partial charge in [0.25, 0.3) is 0 Å². The number of amides is 1. The zero-order chi connectivity index (χ0) is 20.7. The summed E-state index contributed by atoms with van der Waals surface area (Å²) in [6, 6.07) is 2.58. The molecule has 1 aliphatic rings. The molecule has 7 nitrogen and oxygen atoms in total. The maximum Gasteiger partial charge on any atom is 0.237 e. The zero-order valence-corrected chi connectivity index (χ0v) is 18.6. The average Bonchev–Trinajstić information content (AvgIpc) is 3.38. The third-order valence-corrected chi connectivity index (χ3v) is 7.72. The van der Waals surface area contributed by atoms with Crippen molar-refractivity contribution < 1.29 is 22.3 Å². The van der Waals surface area contributed by atoms with Crippen molar-refractivity contribution >= 4 is 54.0 Å². The summed E-state index contributed by atoms with van der Waals surface area (Å²) in [7, 11) is -2.01. The summed E-state index contributed by atoms with van der Waals surface area (Å²) in [5, 5.41) is 4.14. The Kier molecular flexibility index (Phi) is 5.70. The van der Waals surface area contributed by atoms with Crippen molar-refractivity contribution in [1.29, 1.82) is 0 Å². The second-order valence-corrected chi connectivity index (χ2v) is 10.6. The number of carbonyl (C=O) groups is 1. The number of benzene rings is 1. The van der Waals surface area contributed by atoms with Crippen LogP contribution >= 0.6 is 27.3 Å². The van der Waals surface area contributed by atoms with Gasteiger partial charge < -0.3 is 10.1 Å². The number of halogens is 2. The van der Waals surface area contributed by atoms with E-state index in [9.17, 15) is 17.6 Å². The molecule has 2 N–H and O–H groups in total. The van der Waals surface area contributed by atoms with E-state index < -0.39 is 27.2 Å². The molecule has 0 bridgehead atoms. The molecule has 1 aliphatic carbocycles. The van der Waals surface area contributed by atoms with E-state index in [1.54, 1.807) is 19.2 Å². The van der Waals surface area contributed by atoms with Crippen molar-refractivity contribution in [2.24, 2.45) is 0 Å². The number of nitrogens with zero attached hydrogens (tertiary/aromatic N) is 1. The van der Waals surface area contributed by atoms with Gasteiger partial charge in [0.1, 0.15) is 11.6 Å². The molecule has 3 rings (SSSR count). The van der Waals surface area contributed by atoms with Gasteiger partial charge in [-0.3, -0.25) is 9.52 Å². The van der Waals surface area contributed by atoms with Crippen molar-refractivity contribution in [3.8, 4) is 5.75 Å². The highest BCUT2D eigenvalue weighted by molar-refractivity contribution is 9.10. The minimum Gasteiger partial charge on any atom is -0.495 e. The number of thiazole rings is 1. The number of hydrogen-bond donors (Lipinski definition) is 2. The van der Waals surface area contributed by atoms with Crippen LogP contribution in [0.5, 0.6) is 5.75 Å². The smallest absolute Gasteiger partial charge is 0.237 e. The second kappa shape index (κ2) is 7.60. The predicted octanol–water partition coefficient (Wildman–Crippen LogP) is 3.87. The Morgan fingerprint density at radius 2 is 2.07 bits per heavy atom. The number of anilines is 2. The van der Waals surface area contributed by atoms with E-state index >= 15 is 0 Å². The molecular formula is C17H19BrFN3O4S2. The summed E-state index contributed by atoms with van der Waals surface area (Å²) in [5.74, 6) is -0.678. The molecule has 0 atom stereocenters. The minimum absolute atomic E-state index is 0.186. The third kappa shape index (κ3) is 4.31. The first-order chi connectivity index (χ1) is 13.0. The van der Waals surface area contributed by atoms with Crippen LogP contribution in [0.25, 0.3) is 0 Å². The highest BCUT2D eigenvalue weighted by Crippen LogP contribution is 2.35. The molecule has 0 spiro atoms. The number of carbonyl (C=O) groups excluding carboxylic acids is 1. The summed E-state index contributed by atoms with van der Waals surface area (Å²) < 4.78 is 45.8. The van der Waals surface area contributed by atoms with E-state index in [1.807, 2.05) is 0 Å². The van der Waals surface area contributed by atoms with Crippen LogP contribution < -0.4 is 14.8 Å². The third-order valence-electron chi connectivity index (χ3n) is 4.40. The van der Waals surface area contributed by atoms with Gasteiger partial charge in [0, 0.05) is 11.4 Å². The molecule has 2 aromatic rings. The van der Waals surface area contributed by atoms with Crippen molar-refractivity contribution in [1.82, 2.24) is 4.98 Å². The van der Waals surface area contributed by atoms with Gasteiger partial charge in [-0.15, -0.1) is 11.3 Å². The lowest BCUT2D eigenvalue weighted by Gasteiger charge is -2.22. The number of aromatic nitrogens is 1. The van der Waals surface area contributed by atoms with Gasteiger partial charge in [0.05, 0.1) is 33.6 Å². The second-order valence-electron chi connectivity index (χ2n) is 6.93. The lowest BCUT2D eigenvalue weighted by atomic mass is 9.89. The molecule has 0 aliphatic heterocycles. The summed E-state index contributed by atoms with van der Waals surface area (Å²) in [6.45, 7) is 3.30. The highest BCUT2D eigenvalue weighted by atomic mass is 79.9. The molecule has 28 heavy (non-hydrogen) atoms. The standard InChI is InChI=1S/C17H19BrFN3O4S2/c1-17(2,14-8-27-16(21-14)22-28(24,25)9-4-5-9)15(23)20-12-7-11(19)10(18)6-13(12)26-3/h6-9H,4-5H2,1-3H3,(H,20,23)(H,21,22). The van der Waals surface area contributed by atoms with Gasteiger partial charge in [0.15, 0.2) is 5.13 Å². The van der Waals surface area contributed by atoms with Gasteiger partial charge >= 0.3 is 0 Å². The van der Waals surface area contributed by atoms with E-state index in [2.05, 4.69) is 31.0 Å². The van der Waals surface area contributed by atoms with Crippen molar-refractivity contribution in [3.05, 3.63) is 33.5 Å². The minimum atomic E-state index is -3.42. The molecule has 0 radical (unpaired) electrons. The van der Waals surface area contributed by atoms with Crippen LogP contribution in [0.2, 0.25) is 0 Å². The largest absolute Gasteiger partial charge is 0.495 e. The topological polar surface area (TPSA) is 97.4 Å². The van der Waals surface area contributed by atoms with Gasteiger partial charge in [-0.05, 0) is 48.7 Å². The van der Waals surface area contributed by atoms with Gasteiger partial charge in [-0.25, -0.2) is 17.8 Å². The number of hydrogen-bond acceptors (Lipinski definition) is 6. The molecule has 1 fully saturated rings. The van der Waals surface area contributed by atoms with Crippen LogP contribution in [-0.2, 0) is 20.2 Å². The van der Waals surface area contributed by atoms with E-state index in [0.717, 1.165) is 17.4 Å². The molecule has 11 heteroatoms. The monoisotopic (exact) mass is 491 g/mol. The van der Waals surface area contributed by atoms with Crippen LogP contribution in [0.1, 0.15) is 32.4 Å². The molecule has 0 unspecified atom stereocenters. The first-order valence-corrected chi connectivity index (χ1v) is 11.6. The Hall–Kier alpha value is -1.72. The molecule has 1 heterocycles. The van der Waals surface area contributed by atoms with Crippen molar-refractivity contribution in [3.63, 3.8) is 0 Å². The average molecular weight is 492 g/mol. The lowest BCUT2D eigenvalue weighted by Crippen LogP contribution is -2.35. The molecule has 152 valence electrons. The van der Waals surface area contributed by atoms with Crippen LogP contribution in [0.15, 0.2) is 22.0 Å². The number of methoxy groups -OCH3 is 1. The fraction of sp³-hybridized carbons (Fsp3) is 0.412. The Morgan fingerprint density at radius 3 is 2.68 bits per heavy atom. The molecule has 1 aromatic carbocycles. The first kappa shape index (κ1) is 21.0. The van der Waals surface area contributed by atoms with Gasteiger partial charge in [-0.2, -0.15) is 0 Å². The van der Waals surface area contributed by atoms with Crippen LogP contribution in [0.4, 0.5) is 15.2 Å². The summed E-state index contributed by atoms with van der Waals surface area (Å²) >= 11 is 4.18. The SMILES string of the molecule is COc1cc(Br)c(F)cc1NC(=O)C(C)(C)c1csc(NS(=O)(=O)C2CC2)n1. The Bertz CT molecular complexity index is 1020. The van der Waals surface area contributed by atoms with Crippen LogP contribution in [0.3, 0.4) is 0 Å². The molecule has 0 saturated heterocycles. The van der Waals surface area contributed by atoms with E-state index in [-0.39, 0.29) is 20.5 Å². The van der Waals surface area contributed by atoms with E-state index in [1.165, 1.54) is 13.2 Å². The molecule has 1 aromatic heterocycles. The Labute approximate surface area is 174 Å². The predicted molar refractivity (Wildman–Crippen MR) is 110 cm³/mol. The maximum absolute atomic E-state index is 13.9. The molecule has 1 amide bonds. The van der Waals surface area contributed by atoms with Crippen LogP contribution in [0, 0.1) is 5.82 Å². The number of sulfonamides is 1. The highest BCUT2D eigenvalue weighted by Gasteiger charge is 2.37. The van der Waals surface area contributed by atoms with Gasteiger partial charge in [0.2, 0.25) is 15.9 Å². The summed E-state index contributed by atoms with van der Waals surface area (Å²) in [5.41, 5.74) is -0.500. The number of nitrogens with one attached hydrogen (secondary N) is 2. The van der Waals surface area contributed by atoms with Crippen molar-refractivity contribution in [2.45, 2.75) is 37.4 Å². The normalized spacial score (nSPS) is 14.6. The number of ether oxygens (including phenoxy) is 1. The van der Waals surface area contributed by atoms with Crippen molar-refractivity contribution in [2.75, 3.05) is 17.1 Å².